The maximum absolute atomic E-state index is 12.9. The van der Waals surface area contributed by atoms with E-state index < -0.39 is 5.82 Å². The predicted molar refractivity (Wildman–Crippen MR) is 66.6 cm³/mol. The Morgan fingerprint density at radius 2 is 2.00 bits per heavy atom. The van der Waals surface area contributed by atoms with Crippen molar-refractivity contribution in [3.8, 4) is 11.8 Å². The zero-order valence-electron chi connectivity index (χ0n) is 9.11. The van der Waals surface area contributed by atoms with E-state index in [9.17, 15) is 9.18 Å². The van der Waals surface area contributed by atoms with E-state index in [1.165, 1.54) is 6.92 Å². The van der Waals surface area contributed by atoms with Gasteiger partial charge in [-0.2, -0.15) is 0 Å². The van der Waals surface area contributed by atoms with Crippen LogP contribution >= 0.6 is 23.2 Å². The molecule has 0 spiro atoms. The van der Waals surface area contributed by atoms with E-state index in [-0.39, 0.29) is 16.0 Å². The van der Waals surface area contributed by atoms with Gasteiger partial charge in [-0.05, 0) is 12.1 Å². The van der Waals surface area contributed by atoms with E-state index in [1.54, 1.807) is 0 Å². The van der Waals surface area contributed by atoms with Crippen LogP contribution in [-0.4, -0.2) is 12.5 Å². The number of carbonyl (C=O) groups excluding carboxylic acids is 1. The van der Waals surface area contributed by atoms with Gasteiger partial charge in [0, 0.05) is 19.9 Å². The van der Waals surface area contributed by atoms with Crippen LogP contribution in [0.1, 0.15) is 18.9 Å². The van der Waals surface area contributed by atoms with Gasteiger partial charge in [0.2, 0.25) is 5.91 Å². The second-order valence-corrected chi connectivity index (χ2v) is 4.09. The Balaban J connectivity index is 2.69. The Labute approximate surface area is 109 Å². The van der Waals surface area contributed by atoms with Crippen molar-refractivity contribution in [3.63, 3.8) is 0 Å². The molecular formula is C12H10Cl2FNO. The highest BCUT2D eigenvalue weighted by Gasteiger charge is 2.05. The molecule has 0 aliphatic heterocycles. The molecule has 0 atom stereocenters. The molecule has 1 N–H and O–H groups in total. The summed E-state index contributed by atoms with van der Waals surface area (Å²) in [6.07, 6.45) is 0.476. The zero-order chi connectivity index (χ0) is 12.8. The minimum Gasteiger partial charge on any atom is -0.355 e. The minimum absolute atomic E-state index is 0.107. The first-order valence-corrected chi connectivity index (χ1v) is 5.64. The van der Waals surface area contributed by atoms with Crippen LogP contribution in [0.4, 0.5) is 4.39 Å². The molecule has 1 aromatic carbocycles. The smallest absolute Gasteiger partial charge is 0.216 e. The van der Waals surface area contributed by atoms with Crippen LogP contribution in [0, 0.1) is 17.7 Å². The maximum Gasteiger partial charge on any atom is 0.216 e. The summed E-state index contributed by atoms with van der Waals surface area (Å²) >= 11 is 11.6. The standard InChI is InChI=1S/C12H10Cl2FNO/c1-8(17)16-5-3-2-4-10-11(13)6-9(15)7-12(10)14/h6-7H,3,5H2,1H3,(H,16,17). The molecule has 0 aromatic heterocycles. The molecule has 0 radical (unpaired) electrons. The summed E-state index contributed by atoms with van der Waals surface area (Å²) in [5.41, 5.74) is 0.401. The zero-order valence-corrected chi connectivity index (χ0v) is 10.6. The minimum atomic E-state index is -0.496. The second kappa shape index (κ2) is 6.48. The van der Waals surface area contributed by atoms with Crippen LogP contribution in [0.25, 0.3) is 0 Å². The van der Waals surface area contributed by atoms with Gasteiger partial charge in [-0.15, -0.1) is 0 Å². The molecule has 0 aliphatic carbocycles. The van der Waals surface area contributed by atoms with Crippen LogP contribution in [0.15, 0.2) is 12.1 Å². The average molecular weight is 274 g/mol. The molecular weight excluding hydrogens is 264 g/mol. The number of rotatable bonds is 2. The largest absolute Gasteiger partial charge is 0.355 e. The van der Waals surface area contributed by atoms with Crippen molar-refractivity contribution in [2.24, 2.45) is 0 Å². The first-order chi connectivity index (χ1) is 8.00. The van der Waals surface area contributed by atoms with Crippen molar-refractivity contribution in [2.45, 2.75) is 13.3 Å². The molecule has 17 heavy (non-hydrogen) atoms. The number of halogens is 3. The highest BCUT2D eigenvalue weighted by molar-refractivity contribution is 6.36. The van der Waals surface area contributed by atoms with Crippen molar-refractivity contribution in [1.29, 1.82) is 0 Å². The monoisotopic (exact) mass is 273 g/mol. The molecule has 0 aliphatic rings. The molecule has 0 unspecified atom stereocenters. The van der Waals surface area contributed by atoms with Crippen LogP contribution in [0.5, 0.6) is 0 Å². The van der Waals surface area contributed by atoms with Gasteiger partial charge in [0.25, 0.3) is 0 Å². The number of nitrogens with one attached hydrogen (secondary N) is 1. The topological polar surface area (TPSA) is 29.1 Å². The van der Waals surface area contributed by atoms with Crippen LogP contribution in [-0.2, 0) is 4.79 Å². The highest BCUT2D eigenvalue weighted by atomic mass is 35.5. The fourth-order valence-corrected chi connectivity index (χ4v) is 1.67. The molecule has 2 nitrogen and oxygen atoms in total. The fraction of sp³-hybridized carbons (Fsp3) is 0.250. The lowest BCUT2D eigenvalue weighted by molar-refractivity contribution is -0.118. The van der Waals surface area contributed by atoms with Gasteiger partial charge in [-0.3, -0.25) is 4.79 Å². The third kappa shape index (κ3) is 4.64. The molecule has 1 aromatic rings. The molecule has 1 rings (SSSR count). The number of amides is 1. The molecule has 0 saturated heterocycles. The van der Waals surface area contributed by atoms with Crippen molar-refractivity contribution in [3.05, 3.63) is 33.6 Å². The number of hydrogen-bond acceptors (Lipinski definition) is 1. The van der Waals surface area contributed by atoms with Crippen LogP contribution in [0.3, 0.4) is 0 Å². The fourth-order valence-electron chi connectivity index (χ4n) is 1.11. The lowest BCUT2D eigenvalue weighted by Crippen LogP contribution is -2.20. The lowest BCUT2D eigenvalue weighted by Gasteiger charge is -1.99. The summed E-state index contributed by atoms with van der Waals surface area (Å²) in [6, 6.07) is 2.32. The van der Waals surface area contributed by atoms with Gasteiger partial charge < -0.3 is 5.32 Å². The Morgan fingerprint density at radius 3 is 2.53 bits per heavy atom. The molecule has 90 valence electrons. The van der Waals surface area contributed by atoms with Gasteiger partial charge >= 0.3 is 0 Å². The number of carbonyl (C=O) groups is 1. The molecule has 0 bridgehead atoms. The number of benzene rings is 1. The van der Waals surface area contributed by atoms with Crippen molar-refractivity contribution in [2.75, 3.05) is 6.54 Å². The highest BCUT2D eigenvalue weighted by Crippen LogP contribution is 2.24. The Kier molecular flexibility index (Phi) is 5.27. The lowest BCUT2D eigenvalue weighted by atomic mass is 10.2. The summed E-state index contributed by atoms with van der Waals surface area (Å²) in [6.45, 7) is 1.89. The molecule has 0 saturated carbocycles. The average Bonchev–Trinajstić information content (AvgIpc) is 2.20. The quantitative estimate of drug-likeness (QED) is 0.652. The van der Waals surface area contributed by atoms with Crippen LogP contribution < -0.4 is 5.32 Å². The van der Waals surface area contributed by atoms with Crippen LogP contribution in [0.2, 0.25) is 10.0 Å². The Bertz CT molecular complexity index is 468. The molecule has 0 fully saturated rings. The third-order valence-corrected chi connectivity index (χ3v) is 2.44. The van der Waals surface area contributed by atoms with Gasteiger partial charge in [-0.25, -0.2) is 4.39 Å². The van der Waals surface area contributed by atoms with E-state index in [1.807, 2.05) is 0 Å². The van der Waals surface area contributed by atoms with E-state index in [4.69, 9.17) is 23.2 Å². The second-order valence-electron chi connectivity index (χ2n) is 3.28. The van der Waals surface area contributed by atoms with Gasteiger partial charge in [0.1, 0.15) is 5.82 Å². The maximum atomic E-state index is 12.9. The summed E-state index contributed by atoms with van der Waals surface area (Å²) in [7, 11) is 0. The van der Waals surface area contributed by atoms with Crippen molar-refractivity contribution < 1.29 is 9.18 Å². The predicted octanol–water partition coefficient (Wildman–Crippen LogP) is 3.01. The Morgan fingerprint density at radius 1 is 1.41 bits per heavy atom. The summed E-state index contributed by atoms with van der Waals surface area (Å²) in [5, 5.41) is 2.97. The molecule has 1 amide bonds. The van der Waals surface area contributed by atoms with Gasteiger partial charge in [0.05, 0.1) is 15.6 Å². The van der Waals surface area contributed by atoms with Crippen molar-refractivity contribution in [1.82, 2.24) is 5.32 Å². The summed E-state index contributed by atoms with van der Waals surface area (Å²) in [4.78, 5) is 10.6. The van der Waals surface area contributed by atoms with Gasteiger partial charge in [-0.1, -0.05) is 35.0 Å². The molecule has 0 heterocycles. The van der Waals surface area contributed by atoms with Gasteiger partial charge in [0.15, 0.2) is 0 Å². The number of hydrogen-bond donors (Lipinski definition) is 1. The Hall–Kier alpha value is -1.24. The molecule has 5 heteroatoms. The normalized spacial score (nSPS) is 9.41. The summed E-state index contributed by atoms with van der Waals surface area (Å²) in [5.74, 6) is 4.95. The van der Waals surface area contributed by atoms with E-state index in [0.717, 1.165) is 12.1 Å². The third-order valence-electron chi connectivity index (χ3n) is 1.84. The SMILES string of the molecule is CC(=O)NCCC#Cc1c(Cl)cc(F)cc1Cl. The van der Waals surface area contributed by atoms with E-state index >= 15 is 0 Å². The van der Waals surface area contributed by atoms with Crippen molar-refractivity contribution >= 4 is 29.1 Å². The first kappa shape index (κ1) is 13.8. The van der Waals surface area contributed by atoms with E-state index in [2.05, 4.69) is 17.2 Å². The first-order valence-electron chi connectivity index (χ1n) is 4.88. The van der Waals surface area contributed by atoms with E-state index in [0.29, 0.717) is 18.5 Å². The summed E-state index contributed by atoms with van der Waals surface area (Å²) < 4.78 is 12.9.